The van der Waals surface area contributed by atoms with Crippen molar-refractivity contribution in [3.05, 3.63) is 0 Å². The Hall–Kier alpha value is -2.01. The number of piperidine rings is 1. The van der Waals surface area contributed by atoms with E-state index >= 15 is 0 Å². The predicted octanol–water partition coefficient (Wildman–Crippen LogP) is 0.908. The zero-order valence-electron chi connectivity index (χ0n) is 12.4. The molecule has 1 heterocycles. The van der Waals surface area contributed by atoms with Gasteiger partial charge in [-0.3, -0.25) is 0 Å². The van der Waals surface area contributed by atoms with E-state index in [1.807, 2.05) is 0 Å². The van der Waals surface area contributed by atoms with Gasteiger partial charge < -0.3 is 25.2 Å². The lowest BCUT2D eigenvalue weighted by Crippen LogP contribution is -2.62. The quantitative estimate of drug-likeness (QED) is 0.651. The molecule has 1 fully saturated rings. The number of aliphatic hydroxyl groups is 1. The Bertz CT molecular complexity index is 444. The van der Waals surface area contributed by atoms with Crippen molar-refractivity contribution in [1.29, 1.82) is 5.26 Å². The highest BCUT2D eigenvalue weighted by molar-refractivity contribution is 5.69. The van der Waals surface area contributed by atoms with Crippen LogP contribution in [0.1, 0.15) is 33.6 Å². The molecule has 2 amide bonds. The van der Waals surface area contributed by atoms with Crippen LogP contribution in [0.4, 0.5) is 9.59 Å². The smallest absolute Gasteiger partial charge is 0.408 e. The number of likely N-dealkylation sites (tertiary alicyclic amines) is 1. The van der Waals surface area contributed by atoms with Gasteiger partial charge in [0.15, 0.2) is 6.10 Å². The molecule has 8 nitrogen and oxygen atoms in total. The van der Waals surface area contributed by atoms with Crippen LogP contribution in [-0.2, 0) is 4.74 Å². The fourth-order valence-electron chi connectivity index (χ4n) is 2.19. The Morgan fingerprint density at radius 2 is 1.90 bits per heavy atom. The van der Waals surface area contributed by atoms with Crippen molar-refractivity contribution in [1.82, 2.24) is 10.2 Å². The summed E-state index contributed by atoms with van der Waals surface area (Å²) in [6.07, 6.45) is -2.94. The third-order valence-electron chi connectivity index (χ3n) is 3.32. The second kappa shape index (κ2) is 6.18. The Labute approximate surface area is 123 Å². The Morgan fingerprint density at radius 3 is 2.29 bits per heavy atom. The van der Waals surface area contributed by atoms with Crippen molar-refractivity contribution in [2.45, 2.75) is 50.9 Å². The standard InChI is InChI=1S/C13H21N3O5/c1-12(2,3)21-10(18)15-13(9(17)8-14)4-6-16(7-5-13)11(19)20/h9,17H,4-7H2,1-3H3,(H,15,18)(H,19,20). The molecule has 0 aromatic carbocycles. The summed E-state index contributed by atoms with van der Waals surface area (Å²) in [5.41, 5.74) is -1.90. The molecule has 1 rings (SSSR count). The number of nitrogens with one attached hydrogen (secondary N) is 1. The number of hydrogen-bond donors (Lipinski definition) is 3. The fraction of sp³-hybridized carbons (Fsp3) is 0.769. The van der Waals surface area contributed by atoms with Gasteiger partial charge in [-0.1, -0.05) is 0 Å². The number of rotatable bonds is 2. The van der Waals surface area contributed by atoms with Crippen LogP contribution in [0, 0.1) is 11.3 Å². The van der Waals surface area contributed by atoms with Crippen molar-refractivity contribution in [3.63, 3.8) is 0 Å². The maximum absolute atomic E-state index is 11.9. The van der Waals surface area contributed by atoms with E-state index in [9.17, 15) is 14.7 Å². The first-order chi connectivity index (χ1) is 9.59. The molecule has 1 saturated heterocycles. The summed E-state index contributed by atoms with van der Waals surface area (Å²) in [6.45, 7) is 5.36. The molecular formula is C13H21N3O5. The van der Waals surface area contributed by atoms with Gasteiger partial charge in [0.1, 0.15) is 5.60 Å². The molecule has 0 radical (unpaired) electrons. The lowest BCUT2D eigenvalue weighted by atomic mass is 9.83. The molecular weight excluding hydrogens is 278 g/mol. The molecule has 0 aromatic heterocycles. The fourth-order valence-corrected chi connectivity index (χ4v) is 2.19. The summed E-state index contributed by atoms with van der Waals surface area (Å²) < 4.78 is 5.13. The molecule has 118 valence electrons. The molecule has 1 atom stereocenters. The molecule has 8 heteroatoms. The monoisotopic (exact) mass is 299 g/mol. The van der Waals surface area contributed by atoms with Crippen molar-refractivity contribution in [2.75, 3.05) is 13.1 Å². The van der Waals surface area contributed by atoms with Gasteiger partial charge in [-0.05, 0) is 33.6 Å². The Kier molecular flexibility index (Phi) is 5.01. The largest absolute Gasteiger partial charge is 0.465 e. The van der Waals surface area contributed by atoms with Gasteiger partial charge >= 0.3 is 12.2 Å². The molecule has 0 aliphatic carbocycles. The van der Waals surface area contributed by atoms with E-state index in [4.69, 9.17) is 15.1 Å². The van der Waals surface area contributed by atoms with Crippen LogP contribution in [0.5, 0.6) is 0 Å². The second-order valence-corrected chi connectivity index (χ2v) is 6.08. The Balaban J connectivity index is 2.81. The van der Waals surface area contributed by atoms with Crippen molar-refractivity contribution in [3.8, 4) is 6.07 Å². The van der Waals surface area contributed by atoms with Crippen LogP contribution in [0.2, 0.25) is 0 Å². The van der Waals surface area contributed by atoms with E-state index in [-0.39, 0.29) is 25.9 Å². The van der Waals surface area contributed by atoms with Crippen LogP contribution in [-0.4, -0.2) is 57.6 Å². The van der Waals surface area contributed by atoms with Crippen LogP contribution >= 0.6 is 0 Å². The summed E-state index contributed by atoms with van der Waals surface area (Å²) in [5.74, 6) is 0. The number of amides is 2. The van der Waals surface area contributed by atoms with Gasteiger partial charge in [0.25, 0.3) is 0 Å². The third-order valence-corrected chi connectivity index (χ3v) is 3.32. The van der Waals surface area contributed by atoms with E-state index in [1.165, 1.54) is 4.90 Å². The molecule has 0 bridgehead atoms. The van der Waals surface area contributed by atoms with Crippen molar-refractivity contribution < 1.29 is 24.5 Å². The summed E-state index contributed by atoms with van der Waals surface area (Å²) in [7, 11) is 0. The van der Waals surface area contributed by atoms with Gasteiger partial charge in [0.2, 0.25) is 0 Å². The number of carbonyl (C=O) groups excluding carboxylic acids is 1. The highest BCUT2D eigenvalue weighted by atomic mass is 16.6. The molecule has 1 aliphatic rings. The summed E-state index contributed by atoms with van der Waals surface area (Å²) in [5, 5.41) is 30.3. The molecule has 0 aromatic rings. The zero-order valence-corrected chi connectivity index (χ0v) is 12.4. The van der Waals surface area contributed by atoms with E-state index in [0.29, 0.717) is 0 Å². The first-order valence-corrected chi connectivity index (χ1v) is 6.66. The number of hydrogen-bond acceptors (Lipinski definition) is 5. The topological polar surface area (TPSA) is 123 Å². The first-order valence-electron chi connectivity index (χ1n) is 6.66. The van der Waals surface area contributed by atoms with E-state index in [2.05, 4.69) is 5.32 Å². The second-order valence-electron chi connectivity index (χ2n) is 6.08. The zero-order chi connectivity index (χ0) is 16.3. The van der Waals surface area contributed by atoms with Crippen molar-refractivity contribution in [2.24, 2.45) is 0 Å². The van der Waals surface area contributed by atoms with Crippen LogP contribution < -0.4 is 5.32 Å². The third kappa shape index (κ3) is 4.49. The first kappa shape index (κ1) is 17.0. The van der Waals surface area contributed by atoms with Gasteiger partial charge in [-0.25, -0.2) is 9.59 Å². The highest BCUT2D eigenvalue weighted by Crippen LogP contribution is 2.26. The van der Waals surface area contributed by atoms with Crippen LogP contribution in [0.15, 0.2) is 0 Å². The van der Waals surface area contributed by atoms with Gasteiger partial charge in [0, 0.05) is 13.1 Å². The number of alkyl carbamates (subject to hydrolysis) is 1. The summed E-state index contributed by atoms with van der Waals surface area (Å²) >= 11 is 0. The molecule has 1 unspecified atom stereocenters. The van der Waals surface area contributed by atoms with Gasteiger partial charge in [0.05, 0.1) is 11.6 Å². The predicted molar refractivity (Wildman–Crippen MR) is 72.6 cm³/mol. The van der Waals surface area contributed by atoms with E-state index in [0.717, 1.165) is 0 Å². The van der Waals surface area contributed by atoms with E-state index in [1.54, 1.807) is 26.8 Å². The minimum Gasteiger partial charge on any atom is -0.465 e. The SMILES string of the molecule is CC(C)(C)OC(=O)NC1(C(O)C#N)CCN(C(=O)O)CC1. The minimum atomic E-state index is -1.43. The number of carboxylic acid groups (broad SMARTS) is 1. The average Bonchev–Trinajstić information content (AvgIpc) is 2.35. The van der Waals surface area contributed by atoms with Crippen LogP contribution in [0.3, 0.4) is 0 Å². The number of aliphatic hydroxyl groups excluding tert-OH is 1. The number of carbonyl (C=O) groups is 2. The molecule has 0 spiro atoms. The maximum atomic E-state index is 11.9. The lowest BCUT2D eigenvalue weighted by Gasteiger charge is -2.42. The molecule has 3 N–H and O–H groups in total. The van der Waals surface area contributed by atoms with Crippen molar-refractivity contribution >= 4 is 12.2 Å². The average molecular weight is 299 g/mol. The van der Waals surface area contributed by atoms with Gasteiger partial charge in [-0.2, -0.15) is 5.26 Å². The molecule has 21 heavy (non-hydrogen) atoms. The number of ether oxygens (including phenoxy) is 1. The van der Waals surface area contributed by atoms with E-state index < -0.39 is 29.4 Å². The summed E-state index contributed by atoms with van der Waals surface area (Å²) in [6, 6.07) is 1.71. The van der Waals surface area contributed by atoms with Crippen LogP contribution in [0.25, 0.3) is 0 Å². The number of nitrogens with zero attached hydrogens (tertiary/aromatic N) is 2. The molecule has 0 saturated carbocycles. The highest BCUT2D eigenvalue weighted by Gasteiger charge is 2.44. The lowest BCUT2D eigenvalue weighted by molar-refractivity contribution is 0.0147. The normalized spacial score (nSPS) is 19.3. The maximum Gasteiger partial charge on any atom is 0.408 e. The van der Waals surface area contributed by atoms with Gasteiger partial charge in [-0.15, -0.1) is 0 Å². The summed E-state index contributed by atoms with van der Waals surface area (Å²) in [4.78, 5) is 24.0. The molecule has 1 aliphatic heterocycles. The Morgan fingerprint density at radius 1 is 1.38 bits per heavy atom. The number of nitriles is 1. The minimum absolute atomic E-state index is 0.129.